The average Bonchev–Trinajstić information content (AvgIpc) is 2.75. The molecule has 0 radical (unpaired) electrons. The van der Waals surface area contributed by atoms with Gasteiger partial charge in [-0.2, -0.15) is 0 Å². The molecule has 0 bridgehead atoms. The van der Waals surface area contributed by atoms with Gasteiger partial charge in [0.15, 0.2) is 0 Å². The lowest BCUT2D eigenvalue weighted by Crippen LogP contribution is -1.99. The molecule has 0 aliphatic carbocycles. The van der Waals surface area contributed by atoms with Crippen LogP contribution in [0.5, 0.6) is 0 Å². The number of rotatable bonds is 3. The molecule has 96 valence electrons. The van der Waals surface area contributed by atoms with E-state index in [1.165, 1.54) is 16.5 Å². The lowest BCUT2D eigenvalue weighted by molar-refractivity contribution is 0.956. The Labute approximate surface area is 117 Å². The summed E-state index contributed by atoms with van der Waals surface area (Å²) in [4.78, 5) is 0. The van der Waals surface area contributed by atoms with Crippen molar-refractivity contribution in [2.24, 2.45) is 7.05 Å². The molecule has 0 unspecified atom stereocenters. The van der Waals surface area contributed by atoms with Crippen molar-refractivity contribution in [3.8, 4) is 0 Å². The second-order valence-electron chi connectivity index (χ2n) is 4.62. The van der Waals surface area contributed by atoms with Gasteiger partial charge in [0, 0.05) is 30.7 Å². The number of hydrogen-bond donors (Lipinski definition) is 1. The zero-order chi connectivity index (χ0) is 13.2. The lowest BCUT2D eigenvalue weighted by Gasteiger charge is -2.07. The first-order valence-corrected chi connectivity index (χ1v) is 6.65. The fourth-order valence-electron chi connectivity index (χ4n) is 2.36. The van der Waals surface area contributed by atoms with Crippen LogP contribution in [-0.4, -0.2) is 4.57 Å². The highest BCUT2D eigenvalue weighted by molar-refractivity contribution is 6.33. The highest BCUT2D eigenvalue weighted by Gasteiger charge is 2.06. The Morgan fingerprint density at radius 3 is 2.63 bits per heavy atom. The topological polar surface area (TPSA) is 17.0 Å². The number of nitrogens with one attached hydrogen (secondary N) is 1. The summed E-state index contributed by atoms with van der Waals surface area (Å²) in [7, 11) is 2.07. The van der Waals surface area contributed by atoms with Gasteiger partial charge in [0.05, 0.1) is 10.7 Å². The second-order valence-corrected chi connectivity index (χ2v) is 5.02. The zero-order valence-corrected chi connectivity index (χ0v) is 11.5. The number of para-hydroxylation sites is 2. The van der Waals surface area contributed by atoms with Crippen molar-refractivity contribution >= 4 is 28.2 Å². The van der Waals surface area contributed by atoms with E-state index in [0.29, 0.717) is 0 Å². The van der Waals surface area contributed by atoms with Crippen molar-refractivity contribution in [3.05, 3.63) is 65.3 Å². The summed E-state index contributed by atoms with van der Waals surface area (Å²) in [6, 6.07) is 16.2. The van der Waals surface area contributed by atoms with Crippen LogP contribution in [0.15, 0.2) is 54.7 Å². The van der Waals surface area contributed by atoms with E-state index < -0.39 is 0 Å². The Morgan fingerprint density at radius 2 is 1.79 bits per heavy atom. The summed E-state index contributed by atoms with van der Waals surface area (Å²) in [5.41, 5.74) is 3.49. The van der Waals surface area contributed by atoms with Gasteiger partial charge in [0.2, 0.25) is 0 Å². The largest absolute Gasteiger partial charge is 0.380 e. The molecule has 0 amide bonds. The number of aromatic nitrogens is 1. The summed E-state index contributed by atoms with van der Waals surface area (Å²) in [5, 5.41) is 5.42. The molecule has 3 rings (SSSR count). The van der Waals surface area contributed by atoms with Crippen LogP contribution in [0.3, 0.4) is 0 Å². The van der Waals surface area contributed by atoms with Crippen LogP contribution in [0.4, 0.5) is 5.69 Å². The van der Waals surface area contributed by atoms with Crippen molar-refractivity contribution in [1.29, 1.82) is 0 Å². The van der Waals surface area contributed by atoms with Gasteiger partial charge in [-0.3, -0.25) is 0 Å². The standard InChI is InChI=1S/C16H15ClN2/c1-19-11-12(13-6-2-5-9-16(13)19)10-18-15-8-4-3-7-14(15)17/h2-9,11,18H,10H2,1H3. The lowest BCUT2D eigenvalue weighted by atomic mass is 10.2. The van der Waals surface area contributed by atoms with E-state index in [1.807, 2.05) is 24.3 Å². The third-order valence-electron chi connectivity index (χ3n) is 3.32. The number of nitrogens with zero attached hydrogens (tertiary/aromatic N) is 1. The fraction of sp³-hybridized carbons (Fsp3) is 0.125. The van der Waals surface area contributed by atoms with Gasteiger partial charge in [-0.1, -0.05) is 41.9 Å². The van der Waals surface area contributed by atoms with Crippen molar-refractivity contribution in [1.82, 2.24) is 4.57 Å². The number of benzene rings is 2. The molecule has 0 atom stereocenters. The summed E-state index contributed by atoms with van der Waals surface area (Å²) in [6.45, 7) is 0.769. The first-order valence-electron chi connectivity index (χ1n) is 6.27. The summed E-state index contributed by atoms with van der Waals surface area (Å²) in [6.07, 6.45) is 2.16. The first-order chi connectivity index (χ1) is 9.25. The number of fused-ring (bicyclic) bond motifs is 1. The molecule has 1 aromatic heterocycles. The molecule has 0 saturated heterocycles. The summed E-state index contributed by atoms with van der Waals surface area (Å²) >= 11 is 6.15. The highest BCUT2D eigenvalue weighted by atomic mass is 35.5. The van der Waals surface area contributed by atoms with E-state index in [9.17, 15) is 0 Å². The SMILES string of the molecule is Cn1cc(CNc2ccccc2Cl)c2ccccc21. The quantitative estimate of drug-likeness (QED) is 0.744. The third-order valence-corrected chi connectivity index (χ3v) is 3.65. The van der Waals surface area contributed by atoms with Gasteiger partial charge in [0.1, 0.15) is 0 Å². The zero-order valence-electron chi connectivity index (χ0n) is 10.7. The normalized spacial score (nSPS) is 10.8. The molecule has 1 heterocycles. The maximum atomic E-state index is 6.15. The highest BCUT2D eigenvalue weighted by Crippen LogP contribution is 2.24. The van der Waals surface area contributed by atoms with Crippen LogP contribution in [0, 0.1) is 0 Å². The molecule has 19 heavy (non-hydrogen) atoms. The molecular formula is C16H15ClN2. The Hall–Kier alpha value is -1.93. The summed E-state index contributed by atoms with van der Waals surface area (Å²) in [5.74, 6) is 0. The van der Waals surface area contributed by atoms with Gasteiger partial charge >= 0.3 is 0 Å². The van der Waals surface area contributed by atoms with E-state index in [-0.39, 0.29) is 0 Å². The number of halogens is 1. The molecule has 0 aliphatic heterocycles. The van der Waals surface area contributed by atoms with Crippen molar-refractivity contribution in [2.75, 3.05) is 5.32 Å². The van der Waals surface area contributed by atoms with Gasteiger partial charge in [-0.25, -0.2) is 0 Å². The van der Waals surface area contributed by atoms with E-state index in [2.05, 4.69) is 47.4 Å². The number of anilines is 1. The van der Waals surface area contributed by atoms with Crippen LogP contribution in [0.2, 0.25) is 5.02 Å². The van der Waals surface area contributed by atoms with E-state index >= 15 is 0 Å². The Balaban J connectivity index is 1.88. The van der Waals surface area contributed by atoms with Gasteiger partial charge < -0.3 is 9.88 Å². The molecule has 0 fully saturated rings. The molecule has 3 heteroatoms. The van der Waals surface area contributed by atoms with Gasteiger partial charge in [-0.15, -0.1) is 0 Å². The predicted octanol–water partition coefficient (Wildman–Crippen LogP) is 4.44. The maximum Gasteiger partial charge on any atom is 0.0637 e. The molecule has 0 aliphatic rings. The Bertz CT molecular complexity index is 716. The minimum absolute atomic E-state index is 0.753. The molecule has 2 nitrogen and oxygen atoms in total. The van der Waals surface area contributed by atoms with Crippen molar-refractivity contribution in [3.63, 3.8) is 0 Å². The molecule has 0 spiro atoms. The average molecular weight is 271 g/mol. The maximum absolute atomic E-state index is 6.15. The number of aryl methyl sites for hydroxylation is 1. The molecule has 1 N–H and O–H groups in total. The first kappa shape index (κ1) is 12.1. The van der Waals surface area contributed by atoms with Crippen LogP contribution in [0.25, 0.3) is 10.9 Å². The van der Waals surface area contributed by atoms with Crippen LogP contribution >= 0.6 is 11.6 Å². The van der Waals surface area contributed by atoms with E-state index in [4.69, 9.17) is 11.6 Å². The van der Waals surface area contributed by atoms with Crippen LogP contribution < -0.4 is 5.32 Å². The monoisotopic (exact) mass is 270 g/mol. The van der Waals surface area contributed by atoms with E-state index in [0.717, 1.165) is 17.3 Å². The summed E-state index contributed by atoms with van der Waals surface area (Å²) < 4.78 is 2.15. The minimum atomic E-state index is 0.753. The van der Waals surface area contributed by atoms with Gasteiger partial charge in [-0.05, 0) is 23.8 Å². The van der Waals surface area contributed by atoms with Gasteiger partial charge in [0.25, 0.3) is 0 Å². The predicted molar refractivity (Wildman–Crippen MR) is 81.7 cm³/mol. The molecule has 3 aromatic rings. The second kappa shape index (κ2) is 4.98. The smallest absolute Gasteiger partial charge is 0.0637 e. The van der Waals surface area contributed by atoms with Crippen LogP contribution in [-0.2, 0) is 13.6 Å². The minimum Gasteiger partial charge on any atom is -0.380 e. The van der Waals surface area contributed by atoms with Crippen molar-refractivity contribution < 1.29 is 0 Å². The third kappa shape index (κ3) is 2.32. The van der Waals surface area contributed by atoms with Crippen LogP contribution in [0.1, 0.15) is 5.56 Å². The molecule has 2 aromatic carbocycles. The molecule has 0 saturated carbocycles. The van der Waals surface area contributed by atoms with Crippen molar-refractivity contribution in [2.45, 2.75) is 6.54 Å². The Morgan fingerprint density at radius 1 is 1.05 bits per heavy atom. The number of hydrogen-bond acceptors (Lipinski definition) is 1. The van der Waals surface area contributed by atoms with E-state index in [1.54, 1.807) is 0 Å². The fourth-order valence-corrected chi connectivity index (χ4v) is 2.56. The molecular weight excluding hydrogens is 256 g/mol. The Kier molecular flexibility index (Phi) is 3.18.